The second-order valence-electron chi connectivity index (χ2n) is 6.08. The van der Waals surface area contributed by atoms with Crippen LogP contribution in [0.2, 0.25) is 0 Å². The number of carbonyl (C=O) groups excluding carboxylic acids is 1. The van der Waals surface area contributed by atoms with Crippen LogP contribution in [0.15, 0.2) is 23.1 Å². The van der Waals surface area contributed by atoms with Crippen LogP contribution in [0.5, 0.6) is 0 Å². The van der Waals surface area contributed by atoms with E-state index in [1.807, 2.05) is 13.0 Å². The summed E-state index contributed by atoms with van der Waals surface area (Å²) in [5.74, 6) is 0.798. The Hall–Kier alpha value is -1.27. The Kier molecular flexibility index (Phi) is 4.59. The van der Waals surface area contributed by atoms with Gasteiger partial charge in [0.05, 0.1) is 12.1 Å². The molecule has 22 heavy (non-hydrogen) atoms. The van der Waals surface area contributed by atoms with Crippen LogP contribution in [0.1, 0.15) is 31.4 Å². The highest BCUT2D eigenvalue weighted by molar-refractivity contribution is 7.99. The standard InChI is InChI=1S/C16H21FN2O2S/c1-10-5-7-19(9-14(10)20)16(21)18-13-6-8-22-15-11(13)3-2-4-12(15)17/h2-4,10,13-14,20H,5-9H2,1H3,(H,18,21). The number of thioether (sulfide) groups is 1. The van der Waals surface area contributed by atoms with Crippen LogP contribution in [-0.4, -0.2) is 41.0 Å². The third kappa shape index (κ3) is 3.08. The Morgan fingerprint density at radius 3 is 3.05 bits per heavy atom. The van der Waals surface area contributed by atoms with Crippen molar-refractivity contribution in [3.8, 4) is 0 Å². The number of likely N-dealkylation sites (tertiary alicyclic amines) is 1. The molecule has 3 rings (SSSR count). The van der Waals surface area contributed by atoms with E-state index in [2.05, 4.69) is 5.32 Å². The molecule has 0 aliphatic carbocycles. The number of nitrogens with zero attached hydrogens (tertiary/aromatic N) is 1. The van der Waals surface area contributed by atoms with Crippen molar-refractivity contribution in [2.45, 2.75) is 36.8 Å². The van der Waals surface area contributed by atoms with Crippen molar-refractivity contribution >= 4 is 17.8 Å². The van der Waals surface area contributed by atoms with Crippen molar-refractivity contribution < 1.29 is 14.3 Å². The number of hydrogen-bond acceptors (Lipinski definition) is 3. The molecule has 0 bridgehead atoms. The molecule has 1 aromatic rings. The summed E-state index contributed by atoms with van der Waals surface area (Å²) in [5, 5.41) is 12.9. The Balaban J connectivity index is 1.70. The Morgan fingerprint density at radius 1 is 1.45 bits per heavy atom. The molecule has 2 N–H and O–H groups in total. The van der Waals surface area contributed by atoms with Gasteiger partial charge in [0.1, 0.15) is 5.82 Å². The third-order valence-electron chi connectivity index (χ3n) is 4.53. The fourth-order valence-electron chi connectivity index (χ4n) is 3.01. The van der Waals surface area contributed by atoms with E-state index < -0.39 is 6.10 Å². The molecule has 0 radical (unpaired) electrons. The summed E-state index contributed by atoms with van der Waals surface area (Å²) in [4.78, 5) is 14.7. The lowest BCUT2D eigenvalue weighted by Gasteiger charge is -2.36. The lowest BCUT2D eigenvalue weighted by atomic mass is 9.96. The monoisotopic (exact) mass is 324 g/mol. The first-order valence-electron chi connectivity index (χ1n) is 7.71. The number of carbonyl (C=O) groups is 1. The molecule has 1 saturated heterocycles. The van der Waals surface area contributed by atoms with Crippen molar-refractivity contribution in [3.63, 3.8) is 0 Å². The number of aliphatic hydroxyl groups is 1. The molecule has 2 amide bonds. The lowest BCUT2D eigenvalue weighted by Crippen LogP contribution is -2.50. The topological polar surface area (TPSA) is 52.6 Å². The maximum atomic E-state index is 13.9. The summed E-state index contributed by atoms with van der Waals surface area (Å²) in [6, 6.07) is 4.70. The van der Waals surface area contributed by atoms with Gasteiger partial charge in [-0.05, 0) is 30.4 Å². The van der Waals surface area contributed by atoms with Gasteiger partial charge >= 0.3 is 6.03 Å². The molecule has 120 valence electrons. The highest BCUT2D eigenvalue weighted by atomic mass is 32.2. The largest absolute Gasteiger partial charge is 0.391 e. The van der Waals surface area contributed by atoms with E-state index in [-0.39, 0.29) is 23.8 Å². The van der Waals surface area contributed by atoms with Gasteiger partial charge in [-0.25, -0.2) is 9.18 Å². The molecule has 1 aromatic carbocycles. The van der Waals surface area contributed by atoms with E-state index in [1.165, 1.54) is 17.8 Å². The number of halogens is 1. The molecule has 2 aliphatic heterocycles. The number of aliphatic hydroxyl groups excluding tert-OH is 1. The normalized spacial score (nSPS) is 28.1. The quantitative estimate of drug-likeness (QED) is 0.835. The van der Waals surface area contributed by atoms with Gasteiger partial charge in [-0.3, -0.25) is 0 Å². The van der Waals surface area contributed by atoms with Gasteiger partial charge < -0.3 is 15.3 Å². The maximum Gasteiger partial charge on any atom is 0.317 e. The van der Waals surface area contributed by atoms with Crippen molar-refractivity contribution in [2.24, 2.45) is 5.92 Å². The number of piperidine rings is 1. The molecule has 4 nitrogen and oxygen atoms in total. The first kappa shape index (κ1) is 15.6. The highest BCUT2D eigenvalue weighted by Gasteiger charge is 2.30. The molecule has 0 aromatic heterocycles. The van der Waals surface area contributed by atoms with Gasteiger partial charge in [0, 0.05) is 23.7 Å². The third-order valence-corrected chi connectivity index (χ3v) is 5.69. The molecule has 3 unspecified atom stereocenters. The van der Waals surface area contributed by atoms with Gasteiger partial charge in [-0.1, -0.05) is 19.1 Å². The molecule has 3 atom stereocenters. The maximum absolute atomic E-state index is 13.9. The van der Waals surface area contributed by atoms with Gasteiger partial charge in [0.25, 0.3) is 0 Å². The van der Waals surface area contributed by atoms with E-state index in [4.69, 9.17) is 0 Å². The fraction of sp³-hybridized carbons (Fsp3) is 0.562. The molecule has 0 spiro atoms. The smallest absolute Gasteiger partial charge is 0.317 e. The molecule has 1 fully saturated rings. The molecular weight excluding hydrogens is 303 g/mol. The van der Waals surface area contributed by atoms with Gasteiger partial charge in [-0.15, -0.1) is 11.8 Å². The van der Waals surface area contributed by atoms with Crippen LogP contribution < -0.4 is 5.32 Å². The zero-order chi connectivity index (χ0) is 15.7. The van der Waals surface area contributed by atoms with Crippen LogP contribution in [0.3, 0.4) is 0 Å². The minimum absolute atomic E-state index is 0.157. The van der Waals surface area contributed by atoms with Crippen molar-refractivity contribution in [2.75, 3.05) is 18.8 Å². The predicted octanol–water partition coefficient (Wildman–Crippen LogP) is 2.77. The van der Waals surface area contributed by atoms with E-state index in [0.29, 0.717) is 18.0 Å². The average Bonchev–Trinajstić information content (AvgIpc) is 2.51. The minimum atomic E-state index is -0.467. The zero-order valence-electron chi connectivity index (χ0n) is 12.6. The van der Waals surface area contributed by atoms with Gasteiger partial charge in [0.2, 0.25) is 0 Å². The van der Waals surface area contributed by atoms with E-state index >= 15 is 0 Å². The molecule has 2 aliphatic rings. The van der Waals surface area contributed by atoms with Crippen LogP contribution in [-0.2, 0) is 0 Å². The van der Waals surface area contributed by atoms with Gasteiger partial charge in [-0.2, -0.15) is 0 Å². The Labute approximate surface area is 134 Å². The minimum Gasteiger partial charge on any atom is -0.391 e. The predicted molar refractivity (Wildman–Crippen MR) is 84.4 cm³/mol. The van der Waals surface area contributed by atoms with Crippen LogP contribution in [0.25, 0.3) is 0 Å². The van der Waals surface area contributed by atoms with E-state index in [1.54, 1.807) is 11.0 Å². The zero-order valence-corrected chi connectivity index (χ0v) is 13.4. The summed E-state index contributed by atoms with van der Waals surface area (Å²) in [5.41, 5.74) is 0.857. The Morgan fingerprint density at radius 2 is 2.27 bits per heavy atom. The number of hydrogen-bond donors (Lipinski definition) is 2. The molecular formula is C16H21FN2O2S. The van der Waals surface area contributed by atoms with Crippen molar-refractivity contribution in [1.82, 2.24) is 10.2 Å². The summed E-state index contributed by atoms with van der Waals surface area (Å²) in [7, 11) is 0. The number of fused-ring (bicyclic) bond motifs is 1. The number of benzene rings is 1. The number of urea groups is 1. The average molecular weight is 324 g/mol. The number of amides is 2. The first-order chi connectivity index (χ1) is 10.6. The molecule has 6 heteroatoms. The second kappa shape index (κ2) is 6.46. The number of nitrogens with one attached hydrogen (secondary N) is 1. The van der Waals surface area contributed by atoms with Crippen LogP contribution in [0.4, 0.5) is 9.18 Å². The van der Waals surface area contributed by atoms with Crippen LogP contribution >= 0.6 is 11.8 Å². The highest BCUT2D eigenvalue weighted by Crippen LogP contribution is 2.37. The fourth-order valence-corrected chi connectivity index (χ4v) is 4.15. The first-order valence-corrected chi connectivity index (χ1v) is 8.69. The molecule has 2 heterocycles. The summed E-state index contributed by atoms with van der Waals surface area (Å²) >= 11 is 1.50. The SMILES string of the molecule is CC1CCN(C(=O)NC2CCSc3c(F)cccc32)CC1O. The summed E-state index contributed by atoms with van der Waals surface area (Å²) in [6.07, 6.45) is 1.13. The summed E-state index contributed by atoms with van der Waals surface area (Å²) in [6.45, 7) is 3.02. The van der Waals surface area contributed by atoms with Crippen LogP contribution in [0, 0.1) is 11.7 Å². The lowest BCUT2D eigenvalue weighted by molar-refractivity contribution is 0.0429. The van der Waals surface area contributed by atoms with E-state index in [0.717, 1.165) is 24.2 Å². The molecule has 0 saturated carbocycles. The second-order valence-corrected chi connectivity index (χ2v) is 7.18. The summed E-state index contributed by atoms with van der Waals surface area (Å²) < 4.78 is 13.9. The number of rotatable bonds is 1. The van der Waals surface area contributed by atoms with Crippen molar-refractivity contribution in [3.05, 3.63) is 29.6 Å². The Bertz CT molecular complexity index is 569. The van der Waals surface area contributed by atoms with Gasteiger partial charge in [0.15, 0.2) is 0 Å². The number of β-amino-alcohol motifs (C(OH)–C–C–N with tert-alkyl or cyclic N) is 1. The van der Waals surface area contributed by atoms with Crippen molar-refractivity contribution in [1.29, 1.82) is 0 Å². The van der Waals surface area contributed by atoms with E-state index in [9.17, 15) is 14.3 Å².